The number of aryl methyl sites for hydroxylation is 1. The highest BCUT2D eigenvalue weighted by Gasteiger charge is 1.99. The van der Waals surface area contributed by atoms with Gasteiger partial charge >= 0.3 is 0 Å². The van der Waals surface area contributed by atoms with Crippen molar-refractivity contribution in [2.24, 2.45) is 0 Å². The average Bonchev–Trinajstić information content (AvgIpc) is 2.49. The minimum Gasteiger partial charge on any atom is -0.309 e. The topological polar surface area (TPSA) is 37.8 Å². The van der Waals surface area contributed by atoms with E-state index in [2.05, 4.69) is 52.5 Å². The van der Waals surface area contributed by atoms with Gasteiger partial charge in [0.25, 0.3) is 0 Å². The summed E-state index contributed by atoms with van der Waals surface area (Å²) in [4.78, 5) is 8.45. The smallest absolute Gasteiger partial charge is 0.0702 e. The molecule has 100 valence electrons. The molecule has 2 heterocycles. The van der Waals surface area contributed by atoms with Crippen LogP contribution in [0.5, 0.6) is 0 Å². The molecular weight excluding hydrogens is 246 g/mol. The number of nitrogens with zero attached hydrogens (tertiary/aromatic N) is 2. The number of fused-ring (bicyclic) bond motifs is 1. The minimum absolute atomic E-state index is 0.854. The fourth-order valence-electron chi connectivity index (χ4n) is 2.28. The first-order valence-corrected chi connectivity index (χ1v) is 6.77. The van der Waals surface area contributed by atoms with E-state index in [0.717, 1.165) is 18.6 Å². The third kappa shape index (κ3) is 2.83. The molecule has 0 bridgehead atoms. The van der Waals surface area contributed by atoms with E-state index in [1.807, 2.05) is 24.7 Å². The normalized spacial score (nSPS) is 10.8. The molecule has 0 aliphatic carbocycles. The van der Waals surface area contributed by atoms with Gasteiger partial charge in [-0.3, -0.25) is 9.97 Å². The molecule has 3 aromatic rings. The van der Waals surface area contributed by atoms with Crippen molar-refractivity contribution in [2.75, 3.05) is 0 Å². The van der Waals surface area contributed by atoms with Crippen LogP contribution < -0.4 is 5.32 Å². The van der Waals surface area contributed by atoms with Crippen molar-refractivity contribution in [3.8, 4) is 0 Å². The highest BCUT2D eigenvalue weighted by molar-refractivity contribution is 5.78. The van der Waals surface area contributed by atoms with Crippen molar-refractivity contribution in [3.05, 3.63) is 71.7 Å². The molecule has 20 heavy (non-hydrogen) atoms. The van der Waals surface area contributed by atoms with E-state index in [1.165, 1.54) is 22.1 Å². The van der Waals surface area contributed by atoms with Gasteiger partial charge in [0.2, 0.25) is 0 Å². The predicted molar refractivity (Wildman–Crippen MR) is 81.3 cm³/mol. The molecule has 0 aliphatic heterocycles. The van der Waals surface area contributed by atoms with Crippen LogP contribution in [0.1, 0.15) is 16.7 Å². The maximum absolute atomic E-state index is 4.33. The first-order valence-electron chi connectivity index (χ1n) is 6.77. The van der Waals surface area contributed by atoms with Crippen molar-refractivity contribution in [1.29, 1.82) is 0 Å². The SMILES string of the molecule is Cc1cnccc1CNCc1ccc2ncccc2c1. The van der Waals surface area contributed by atoms with Crippen molar-refractivity contribution in [2.45, 2.75) is 20.0 Å². The lowest BCUT2D eigenvalue weighted by Crippen LogP contribution is -2.13. The minimum atomic E-state index is 0.854. The molecule has 3 nitrogen and oxygen atoms in total. The first-order chi connectivity index (χ1) is 9.83. The monoisotopic (exact) mass is 263 g/mol. The Labute approximate surface area is 118 Å². The van der Waals surface area contributed by atoms with Gasteiger partial charge in [0.05, 0.1) is 5.52 Å². The molecule has 3 rings (SSSR count). The highest BCUT2D eigenvalue weighted by atomic mass is 14.8. The second kappa shape index (κ2) is 5.80. The summed E-state index contributed by atoms with van der Waals surface area (Å²) >= 11 is 0. The fraction of sp³-hybridized carbons (Fsp3) is 0.176. The van der Waals surface area contributed by atoms with Crippen LogP contribution in [0, 0.1) is 6.92 Å². The van der Waals surface area contributed by atoms with E-state index < -0.39 is 0 Å². The molecule has 0 aliphatic rings. The average molecular weight is 263 g/mol. The molecule has 3 heteroatoms. The Morgan fingerprint density at radius 1 is 1.05 bits per heavy atom. The van der Waals surface area contributed by atoms with E-state index in [-0.39, 0.29) is 0 Å². The van der Waals surface area contributed by atoms with Crippen LogP contribution in [0.15, 0.2) is 55.0 Å². The number of benzene rings is 1. The Morgan fingerprint density at radius 3 is 2.90 bits per heavy atom. The standard InChI is InChI=1S/C17H17N3/c1-13-10-18-8-6-16(13)12-19-11-14-4-5-17-15(9-14)3-2-7-20-17/h2-10,19H,11-12H2,1H3. The highest BCUT2D eigenvalue weighted by Crippen LogP contribution is 2.13. The Balaban J connectivity index is 1.67. The van der Waals surface area contributed by atoms with Crippen LogP contribution in [-0.4, -0.2) is 9.97 Å². The number of hydrogen-bond donors (Lipinski definition) is 1. The lowest BCUT2D eigenvalue weighted by Gasteiger charge is -2.08. The summed E-state index contributed by atoms with van der Waals surface area (Å²) < 4.78 is 0. The van der Waals surface area contributed by atoms with Crippen LogP contribution in [0.3, 0.4) is 0 Å². The van der Waals surface area contributed by atoms with Crippen LogP contribution in [0.4, 0.5) is 0 Å². The number of rotatable bonds is 4. The van der Waals surface area contributed by atoms with E-state index in [9.17, 15) is 0 Å². The second-order valence-electron chi connectivity index (χ2n) is 4.94. The molecule has 0 radical (unpaired) electrons. The fourth-order valence-corrected chi connectivity index (χ4v) is 2.28. The zero-order valence-corrected chi connectivity index (χ0v) is 11.5. The quantitative estimate of drug-likeness (QED) is 0.785. The summed E-state index contributed by atoms with van der Waals surface area (Å²) in [5, 5.41) is 4.66. The summed E-state index contributed by atoms with van der Waals surface area (Å²) in [7, 11) is 0. The van der Waals surface area contributed by atoms with E-state index in [0.29, 0.717) is 0 Å². The van der Waals surface area contributed by atoms with Gasteiger partial charge in [-0.1, -0.05) is 12.1 Å². The summed E-state index contributed by atoms with van der Waals surface area (Å²) in [5.41, 5.74) is 4.84. The molecule has 1 aromatic carbocycles. The van der Waals surface area contributed by atoms with Crippen LogP contribution in [0.2, 0.25) is 0 Å². The van der Waals surface area contributed by atoms with Crippen molar-refractivity contribution >= 4 is 10.9 Å². The predicted octanol–water partition coefficient (Wildman–Crippen LogP) is 3.23. The van der Waals surface area contributed by atoms with Crippen LogP contribution >= 0.6 is 0 Å². The van der Waals surface area contributed by atoms with Crippen LogP contribution in [-0.2, 0) is 13.1 Å². The second-order valence-corrected chi connectivity index (χ2v) is 4.94. The Morgan fingerprint density at radius 2 is 2.00 bits per heavy atom. The molecule has 0 unspecified atom stereocenters. The lowest BCUT2D eigenvalue weighted by atomic mass is 10.1. The van der Waals surface area contributed by atoms with Gasteiger partial charge in [-0.25, -0.2) is 0 Å². The number of aromatic nitrogens is 2. The largest absolute Gasteiger partial charge is 0.309 e. The molecular formula is C17H17N3. The summed E-state index contributed by atoms with van der Waals surface area (Å²) in [5.74, 6) is 0. The van der Waals surface area contributed by atoms with E-state index in [1.54, 1.807) is 0 Å². The molecule has 0 saturated carbocycles. The van der Waals surface area contributed by atoms with Crippen molar-refractivity contribution < 1.29 is 0 Å². The number of hydrogen-bond acceptors (Lipinski definition) is 3. The maximum Gasteiger partial charge on any atom is 0.0702 e. The van der Waals surface area contributed by atoms with Gasteiger partial charge in [0.15, 0.2) is 0 Å². The molecule has 0 amide bonds. The molecule has 0 saturated heterocycles. The van der Waals surface area contributed by atoms with Gasteiger partial charge in [-0.05, 0) is 47.9 Å². The third-order valence-electron chi connectivity index (χ3n) is 3.45. The van der Waals surface area contributed by atoms with Gasteiger partial charge in [0.1, 0.15) is 0 Å². The summed E-state index contributed by atoms with van der Waals surface area (Å²) in [6, 6.07) is 12.5. The van der Waals surface area contributed by atoms with E-state index in [4.69, 9.17) is 0 Å². The molecule has 0 spiro atoms. The van der Waals surface area contributed by atoms with Crippen molar-refractivity contribution in [3.63, 3.8) is 0 Å². The van der Waals surface area contributed by atoms with Gasteiger partial charge in [-0.2, -0.15) is 0 Å². The van der Waals surface area contributed by atoms with Gasteiger partial charge in [-0.15, -0.1) is 0 Å². The molecule has 2 aromatic heterocycles. The molecule has 0 fully saturated rings. The Kier molecular flexibility index (Phi) is 3.70. The van der Waals surface area contributed by atoms with Crippen LogP contribution in [0.25, 0.3) is 10.9 Å². The number of pyridine rings is 2. The zero-order valence-electron chi connectivity index (χ0n) is 11.5. The van der Waals surface area contributed by atoms with Crippen molar-refractivity contribution in [1.82, 2.24) is 15.3 Å². The Hall–Kier alpha value is -2.26. The lowest BCUT2D eigenvalue weighted by molar-refractivity contribution is 0.690. The summed E-state index contributed by atoms with van der Waals surface area (Å²) in [6.07, 6.45) is 5.57. The van der Waals surface area contributed by atoms with Gasteiger partial charge < -0.3 is 5.32 Å². The molecule has 0 atom stereocenters. The number of nitrogens with one attached hydrogen (secondary N) is 1. The molecule has 1 N–H and O–H groups in total. The van der Waals surface area contributed by atoms with Gasteiger partial charge in [0, 0.05) is 37.1 Å². The maximum atomic E-state index is 4.33. The first kappa shape index (κ1) is 12.8. The third-order valence-corrected chi connectivity index (χ3v) is 3.45. The van der Waals surface area contributed by atoms with E-state index >= 15 is 0 Å². The zero-order chi connectivity index (χ0) is 13.8. The Bertz CT molecular complexity index is 722. The summed E-state index contributed by atoms with van der Waals surface area (Å²) in [6.45, 7) is 3.80.